The molecule has 0 atom stereocenters. The first-order chi connectivity index (χ1) is 7.50. The summed E-state index contributed by atoms with van der Waals surface area (Å²) in [5.74, 6) is -1.57. The molecule has 0 unspecified atom stereocenters. The zero-order valence-electron chi connectivity index (χ0n) is 8.29. The van der Waals surface area contributed by atoms with E-state index >= 15 is 0 Å². The lowest BCUT2D eigenvalue weighted by Gasteiger charge is -2.07. The Hall–Kier alpha value is -1.68. The minimum absolute atomic E-state index is 0.0409. The summed E-state index contributed by atoms with van der Waals surface area (Å²) in [7, 11) is 0. The molecule has 0 amide bonds. The molecule has 0 aliphatic carbocycles. The number of aromatic nitrogens is 1. The molecule has 0 saturated heterocycles. The van der Waals surface area contributed by atoms with Crippen molar-refractivity contribution in [2.75, 3.05) is 0 Å². The molecule has 1 N–H and O–H groups in total. The maximum absolute atomic E-state index is 13.0. The number of rotatable bonds is 1. The van der Waals surface area contributed by atoms with Gasteiger partial charge in [0, 0.05) is 11.5 Å². The fourth-order valence-corrected chi connectivity index (χ4v) is 1.93. The molecule has 0 aliphatic rings. The highest BCUT2D eigenvalue weighted by Crippen LogP contribution is 2.26. The third kappa shape index (κ3) is 1.61. The molecule has 0 spiro atoms. The van der Waals surface area contributed by atoms with E-state index in [9.17, 15) is 9.18 Å². The van der Waals surface area contributed by atoms with Gasteiger partial charge in [-0.1, -0.05) is 11.6 Å². The molecular weight excluding hydrogens is 233 g/mol. The van der Waals surface area contributed by atoms with Crippen LogP contribution in [0.25, 0.3) is 10.9 Å². The maximum Gasteiger partial charge on any atom is 0.339 e. The van der Waals surface area contributed by atoms with Gasteiger partial charge < -0.3 is 5.11 Å². The van der Waals surface area contributed by atoms with Gasteiger partial charge in [-0.05, 0) is 24.6 Å². The van der Waals surface area contributed by atoms with E-state index in [1.807, 2.05) is 0 Å². The summed E-state index contributed by atoms with van der Waals surface area (Å²) in [6.07, 6.45) is 0. The minimum Gasteiger partial charge on any atom is -0.478 e. The molecule has 2 rings (SSSR count). The highest BCUT2D eigenvalue weighted by molar-refractivity contribution is 6.33. The number of hydrogen-bond acceptors (Lipinski definition) is 2. The van der Waals surface area contributed by atoms with E-state index < -0.39 is 11.8 Å². The lowest BCUT2D eigenvalue weighted by Crippen LogP contribution is -2.03. The highest BCUT2D eigenvalue weighted by Gasteiger charge is 2.16. The molecule has 2 aromatic rings. The van der Waals surface area contributed by atoms with Gasteiger partial charge in [0.25, 0.3) is 0 Å². The van der Waals surface area contributed by atoms with Gasteiger partial charge >= 0.3 is 5.97 Å². The van der Waals surface area contributed by atoms with Crippen LogP contribution in [0.5, 0.6) is 0 Å². The number of carbonyl (C=O) groups is 1. The molecule has 0 radical (unpaired) electrons. The SMILES string of the molecule is Cc1c(C(=O)O)c(Cl)nc2cc(F)ccc12. The summed E-state index contributed by atoms with van der Waals surface area (Å²) in [6, 6.07) is 3.98. The Kier molecular flexibility index (Phi) is 2.52. The lowest BCUT2D eigenvalue weighted by atomic mass is 10.1. The van der Waals surface area contributed by atoms with Gasteiger partial charge in [-0.3, -0.25) is 0 Å². The van der Waals surface area contributed by atoms with E-state index in [1.165, 1.54) is 18.2 Å². The summed E-state index contributed by atoms with van der Waals surface area (Å²) < 4.78 is 13.0. The van der Waals surface area contributed by atoms with Crippen molar-refractivity contribution in [2.45, 2.75) is 6.92 Å². The van der Waals surface area contributed by atoms with Gasteiger partial charge in [-0.2, -0.15) is 0 Å². The first-order valence-electron chi connectivity index (χ1n) is 4.49. The molecule has 0 fully saturated rings. The van der Waals surface area contributed by atoms with Crippen LogP contribution in [0.3, 0.4) is 0 Å². The summed E-state index contributed by atoms with van der Waals surface area (Å²) in [6.45, 7) is 1.62. The van der Waals surface area contributed by atoms with E-state index in [2.05, 4.69) is 4.98 Å². The van der Waals surface area contributed by atoms with Gasteiger partial charge in [0.1, 0.15) is 16.5 Å². The van der Waals surface area contributed by atoms with Gasteiger partial charge in [0.2, 0.25) is 0 Å². The Bertz CT molecular complexity index is 598. The highest BCUT2D eigenvalue weighted by atomic mass is 35.5. The second-order valence-electron chi connectivity index (χ2n) is 3.37. The van der Waals surface area contributed by atoms with Crippen LogP contribution in [-0.4, -0.2) is 16.1 Å². The van der Waals surface area contributed by atoms with E-state index in [0.29, 0.717) is 16.5 Å². The van der Waals surface area contributed by atoms with Crippen LogP contribution < -0.4 is 0 Å². The molecule has 0 bridgehead atoms. The van der Waals surface area contributed by atoms with Crippen LogP contribution in [0, 0.1) is 12.7 Å². The van der Waals surface area contributed by atoms with Crippen molar-refractivity contribution in [2.24, 2.45) is 0 Å². The molecule has 3 nitrogen and oxygen atoms in total. The van der Waals surface area contributed by atoms with E-state index in [1.54, 1.807) is 6.92 Å². The Balaban J connectivity index is 2.89. The predicted molar refractivity (Wildman–Crippen MR) is 58.4 cm³/mol. The number of pyridine rings is 1. The molecular formula is C11H7ClFNO2. The Morgan fingerprint density at radius 2 is 2.19 bits per heavy atom. The Labute approximate surface area is 95.5 Å². The van der Waals surface area contributed by atoms with E-state index in [-0.39, 0.29) is 10.7 Å². The second-order valence-corrected chi connectivity index (χ2v) is 3.73. The summed E-state index contributed by atoms with van der Waals surface area (Å²) in [5, 5.41) is 9.43. The average molecular weight is 240 g/mol. The quantitative estimate of drug-likeness (QED) is 0.778. The van der Waals surface area contributed by atoms with Crippen molar-refractivity contribution >= 4 is 28.5 Å². The largest absolute Gasteiger partial charge is 0.478 e. The summed E-state index contributed by atoms with van der Waals surface area (Å²) in [4.78, 5) is 14.8. The fraction of sp³-hybridized carbons (Fsp3) is 0.0909. The maximum atomic E-state index is 13.0. The normalized spacial score (nSPS) is 10.7. The van der Waals surface area contributed by atoms with Crippen LogP contribution in [0.4, 0.5) is 4.39 Å². The molecule has 1 aromatic carbocycles. The molecule has 1 heterocycles. The molecule has 5 heteroatoms. The monoisotopic (exact) mass is 239 g/mol. The molecule has 82 valence electrons. The molecule has 0 aliphatic heterocycles. The van der Waals surface area contributed by atoms with Crippen LogP contribution in [0.15, 0.2) is 18.2 Å². The van der Waals surface area contributed by atoms with Crippen LogP contribution in [0.1, 0.15) is 15.9 Å². The number of hydrogen-bond donors (Lipinski definition) is 1. The van der Waals surface area contributed by atoms with Crippen molar-refractivity contribution in [1.29, 1.82) is 0 Å². The first kappa shape index (κ1) is 10.8. The topological polar surface area (TPSA) is 50.2 Å². The Morgan fingerprint density at radius 3 is 2.81 bits per heavy atom. The van der Waals surface area contributed by atoms with Crippen LogP contribution in [-0.2, 0) is 0 Å². The van der Waals surface area contributed by atoms with Crippen LogP contribution in [0.2, 0.25) is 5.15 Å². The van der Waals surface area contributed by atoms with Gasteiger partial charge in [0.05, 0.1) is 5.52 Å². The number of halogens is 2. The summed E-state index contributed by atoms with van der Waals surface area (Å²) >= 11 is 5.74. The zero-order valence-corrected chi connectivity index (χ0v) is 9.05. The molecule has 0 saturated carbocycles. The predicted octanol–water partition coefficient (Wildman–Crippen LogP) is 3.03. The average Bonchev–Trinajstić information content (AvgIpc) is 2.15. The van der Waals surface area contributed by atoms with Crippen molar-refractivity contribution in [1.82, 2.24) is 4.98 Å². The van der Waals surface area contributed by atoms with Crippen molar-refractivity contribution in [3.63, 3.8) is 0 Å². The molecule has 16 heavy (non-hydrogen) atoms. The summed E-state index contributed by atoms with van der Waals surface area (Å²) in [5.41, 5.74) is 0.802. The number of carboxylic acids is 1. The third-order valence-corrected chi connectivity index (χ3v) is 2.65. The van der Waals surface area contributed by atoms with Gasteiger partial charge in [-0.25, -0.2) is 14.2 Å². The minimum atomic E-state index is -1.14. The van der Waals surface area contributed by atoms with Crippen molar-refractivity contribution in [3.8, 4) is 0 Å². The number of aryl methyl sites for hydroxylation is 1. The third-order valence-electron chi connectivity index (χ3n) is 2.38. The van der Waals surface area contributed by atoms with Crippen LogP contribution >= 0.6 is 11.6 Å². The number of aromatic carboxylic acids is 1. The molecule has 1 aromatic heterocycles. The number of nitrogens with zero attached hydrogens (tertiary/aromatic N) is 1. The van der Waals surface area contributed by atoms with Crippen molar-refractivity contribution < 1.29 is 14.3 Å². The first-order valence-corrected chi connectivity index (χ1v) is 4.87. The van der Waals surface area contributed by atoms with E-state index in [0.717, 1.165) is 0 Å². The second kappa shape index (κ2) is 3.72. The number of carboxylic acid groups (broad SMARTS) is 1. The zero-order chi connectivity index (χ0) is 11.9. The smallest absolute Gasteiger partial charge is 0.339 e. The van der Waals surface area contributed by atoms with E-state index in [4.69, 9.17) is 16.7 Å². The van der Waals surface area contributed by atoms with Crippen molar-refractivity contribution in [3.05, 3.63) is 40.3 Å². The van der Waals surface area contributed by atoms with Gasteiger partial charge in [-0.15, -0.1) is 0 Å². The number of fused-ring (bicyclic) bond motifs is 1. The number of benzene rings is 1. The van der Waals surface area contributed by atoms with Gasteiger partial charge in [0.15, 0.2) is 0 Å². The fourth-order valence-electron chi connectivity index (χ4n) is 1.61. The standard InChI is InChI=1S/C11H7ClFNO2/c1-5-7-3-2-6(13)4-8(7)14-10(12)9(5)11(15)16/h2-4H,1H3,(H,15,16). The Morgan fingerprint density at radius 1 is 1.50 bits per heavy atom. The lowest BCUT2D eigenvalue weighted by molar-refractivity contribution is 0.0696.